The quantitative estimate of drug-likeness (QED) is 0.301. The van der Waals surface area contributed by atoms with Crippen LogP contribution in [-0.4, -0.2) is 33.7 Å². The van der Waals surface area contributed by atoms with Gasteiger partial charge in [-0.3, -0.25) is 9.78 Å². The van der Waals surface area contributed by atoms with Crippen LogP contribution in [0.2, 0.25) is 5.02 Å². The number of halogens is 1. The first-order valence-electron chi connectivity index (χ1n) is 10.1. The van der Waals surface area contributed by atoms with Crippen LogP contribution in [-0.2, 0) is 27.4 Å². The maximum Gasteiger partial charge on any atom is 0.302 e. The molecule has 164 valence electrons. The smallest absolute Gasteiger partial charge is 0.302 e. The second-order valence-electron chi connectivity index (χ2n) is 7.23. The van der Waals surface area contributed by atoms with E-state index in [0.717, 1.165) is 27.1 Å². The zero-order valence-electron chi connectivity index (χ0n) is 17.9. The van der Waals surface area contributed by atoms with Crippen LogP contribution in [0.4, 0.5) is 0 Å². The van der Waals surface area contributed by atoms with Gasteiger partial charge in [-0.25, -0.2) is 4.98 Å². The number of carbonyl (C=O) groups excluding carboxylic acids is 1. The zero-order chi connectivity index (χ0) is 22.2. The third-order valence-electron chi connectivity index (χ3n) is 4.39. The van der Waals surface area contributed by atoms with Gasteiger partial charge >= 0.3 is 5.97 Å². The summed E-state index contributed by atoms with van der Waals surface area (Å²) in [7, 11) is 0. The summed E-state index contributed by atoms with van der Waals surface area (Å²) < 4.78 is 12.8. The Balaban J connectivity index is 1.91. The van der Waals surface area contributed by atoms with Gasteiger partial charge < -0.3 is 14.0 Å². The van der Waals surface area contributed by atoms with E-state index in [1.54, 1.807) is 18.0 Å². The van der Waals surface area contributed by atoms with Crippen LogP contribution < -0.4 is 0 Å². The van der Waals surface area contributed by atoms with E-state index >= 15 is 0 Å². The molecule has 0 radical (unpaired) electrons. The van der Waals surface area contributed by atoms with Crippen molar-refractivity contribution in [1.29, 1.82) is 0 Å². The highest BCUT2D eigenvalue weighted by atomic mass is 35.5. The third kappa shape index (κ3) is 6.82. The maximum absolute atomic E-state index is 10.9. The van der Waals surface area contributed by atoms with Crippen LogP contribution in [0.1, 0.15) is 43.9 Å². The van der Waals surface area contributed by atoms with Crippen molar-refractivity contribution in [2.75, 3.05) is 13.2 Å². The number of ether oxygens (including phenoxy) is 2. The van der Waals surface area contributed by atoms with E-state index < -0.39 is 0 Å². The number of rotatable bonds is 10. The Bertz CT molecular complexity index is 1010. The molecule has 0 bridgehead atoms. The highest BCUT2D eigenvalue weighted by molar-refractivity contribution is 7.99. The highest BCUT2D eigenvalue weighted by Gasteiger charge is 2.21. The van der Waals surface area contributed by atoms with E-state index in [0.29, 0.717) is 24.8 Å². The van der Waals surface area contributed by atoms with Crippen LogP contribution in [0.5, 0.6) is 0 Å². The summed E-state index contributed by atoms with van der Waals surface area (Å²) in [5, 5.41) is 1.74. The third-order valence-corrected chi connectivity index (χ3v) is 5.74. The van der Waals surface area contributed by atoms with Gasteiger partial charge in [0.1, 0.15) is 24.1 Å². The number of benzene rings is 1. The number of pyridine rings is 1. The lowest BCUT2D eigenvalue weighted by Crippen LogP contribution is -2.12. The molecule has 0 aliphatic heterocycles. The van der Waals surface area contributed by atoms with Crippen molar-refractivity contribution in [3.63, 3.8) is 0 Å². The normalized spacial score (nSPS) is 11.1. The molecule has 0 atom stereocenters. The summed E-state index contributed by atoms with van der Waals surface area (Å²) in [5.41, 5.74) is 1.93. The predicted octanol–water partition coefficient (Wildman–Crippen LogP) is 5.33. The molecule has 8 heteroatoms. The number of hydrogen-bond donors (Lipinski definition) is 0. The van der Waals surface area contributed by atoms with Gasteiger partial charge in [-0.2, -0.15) is 0 Å². The van der Waals surface area contributed by atoms with Gasteiger partial charge in [-0.05, 0) is 36.2 Å². The minimum atomic E-state index is -0.317. The topological polar surface area (TPSA) is 66.2 Å². The first kappa shape index (κ1) is 23.3. The van der Waals surface area contributed by atoms with E-state index in [4.69, 9.17) is 26.1 Å². The molecule has 0 saturated heterocycles. The Morgan fingerprint density at radius 1 is 1.19 bits per heavy atom. The van der Waals surface area contributed by atoms with Crippen molar-refractivity contribution in [2.24, 2.45) is 0 Å². The van der Waals surface area contributed by atoms with E-state index in [9.17, 15) is 4.79 Å². The van der Waals surface area contributed by atoms with Gasteiger partial charge in [0.05, 0.1) is 24.5 Å². The lowest BCUT2D eigenvalue weighted by Gasteiger charge is -2.13. The number of esters is 1. The van der Waals surface area contributed by atoms with Crippen molar-refractivity contribution in [3.8, 4) is 0 Å². The van der Waals surface area contributed by atoms with Gasteiger partial charge in [0.2, 0.25) is 0 Å². The van der Waals surface area contributed by atoms with Gasteiger partial charge in [0, 0.05) is 23.0 Å². The first-order valence-corrected chi connectivity index (χ1v) is 11.3. The molecule has 0 aliphatic carbocycles. The van der Waals surface area contributed by atoms with Crippen LogP contribution >= 0.6 is 23.4 Å². The van der Waals surface area contributed by atoms with Crippen molar-refractivity contribution in [1.82, 2.24) is 14.5 Å². The molecule has 0 saturated carbocycles. The molecule has 0 amide bonds. The lowest BCUT2D eigenvalue weighted by molar-refractivity contribution is -0.142. The number of aromatic nitrogens is 3. The Labute approximate surface area is 192 Å². The Morgan fingerprint density at radius 3 is 2.71 bits per heavy atom. The molecule has 6 nitrogen and oxygen atoms in total. The molecule has 3 aromatic rings. The number of imidazole rings is 1. The summed E-state index contributed by atoms with van der Waals surface area (Å²) in [6.07, 6.45) is 1.79. The standard InChI is InChI=1S/C23H26ClN3O3S/c1-16(2)22-23(31-20-9-6-7-18(24)13-20)27(14-19-8-4-5-10-25-19)21(26-22)15-29-11-12-30-17(3)28/h4-10,13,16H,11-12,14-15H2,1-3H3. The molecule has 2 heterocycles. The van der Waals surface area contributed by atoms with Crippen molar-refractivity contribution in [2.45, 2.75) is 49.8 Å². The van der Waals surface area contributed by atoms with E-state index in [-0.39, 0.29) is 18.5 Å². The molecule has 0 fully saturated rings. The summed E-state index contributed by atoms with van der Waals surface area (Å²) >= 11 is 7.84. The van der Waals surface area contributed by atoms with Crippen LogP contribution in [0, 0.1) is 0 Å². The van der Waals surface area contributed by atoms with E-state index in [1.165, 1.54) is 6.92 Å². The molecule has 1 aromatic carbocycles. The predicted molar refractivity (Wildman–Crippen MR) is 122 cm³/mol. The summed E-state index contributed by atoms with van der Waals surface area (Å²) in [6, 6.07) is 13.7. The summed E-state index contributed by atoms with van der Waals surface area (Å²) in [4.78, 5) is 21.4. The molecule has 0 unspecified atom stereocenters. The second-order valence-corrected chi connectivity index (χ2v) is 8.73. The molecule has 2 aromatic heterocycles. The number of hydrogen-bond acceptors (Lipinski definition) is 6. The number of carbonyl (C=O) groups is 1. The molecular formula is C23H26ClN3O3S. The molecule has 31 heavy (non-hydrogen) atoms. The minimum absolute atomic E-state index is 0.220. The second kappa shape index (κ2) is 11.3. The fraction of sp³-hybridized carbons (Fsp3) is 0.348. The zero-order valence-corrected chi connectivity index (χ0v) is 19.4. The molecule has 3 rings (SSSR count). The average Bonchev–Trinajstić information content (AvgIpc) is 3.06. The SMILES string of the molecule is CC(=O)OCCOCc1nc(C(C)C)c(Sc2cccc(Cl)c2)n1Cc1ccccn1. The summed E-state index contributed by atoms with van der Waals surface area (Å²) in [6.45, 7) is 7.05. The minimum Gasteiger partial charge on any atom is -0.463 e. The fourth-order valence-corrected chi connectivity index (χ4v) is 4.44. The van der Waals surface area contributed by atoms with E-state index in [2.05, 4.69) is 23.4 Å². The molecular weight excluding hydrogens is 434 g/mol. The summed E-state index contributed by atoms with van der Waals surface area (Å²) in [5.74, 6) is 0.718. The fourth-order valence-electron chi connectivity index (χ4n) is 2.96. The molecule has 0 spiro atoms. The Morgan fingerprint density at radius 2 is 2.03 bits per heavy atom. The van der Waals surface area contributed by atoms with Gasteiger partial charge in [-0.1, -0.05) is 49.3 Å². The Hall–Kier alpha value is -2.35. The van der Waals surface area contributed by atoms with Crippen molar-refractivity contribution < 1.29 is 14.3 Å². The largest absolute Gasteiger partial charge is 0.463 e. The van der Waals surface area contributed by atoms with Crippen molar-refractivity contribution >= 4 is 29.3 Å². The molecule has 0 N–H and O–H groups in total. The number of nitrogens with zero attached hydrogens (tertiary/aromatic N) is 3. The maximum atomic E-state index is 10.9. The van der Waals surface area contributed by atoms with Crippen LogP contribution in [0.3, 0.4) is 0 Å². The first-order chi connectivity index (χ1) is 14.9. The monoisotopic (exact) mass is 459 g/mol. The van der Waals surface area contributed by atoms with Gasteiger partial charge in [0.25, 0.3) is 0 Å². The highest BCUT2D eigenvalue weighted by Crippen LogP contribution is 2.36. The van der Waals surface area contributed by atoms with Crippen LogP contribution in [0.15, 0.2) is 58.6 Å². The lowest BCUT2D eigenvalue weighted by atomic mass is 10.1. The van der Waals surface area contributed by atoms with E-state index in [1.807, 2.05) is 42.5 Å². The molecule has 0 aliphatic rings. The average molecular weight is 460 g/mol. The van der Waals surface area contributed by atoms with Crippen molar-refractivity contribution in [3.05, 3.63) is 70.9 Å². The van der Waals surface area contributed by atoms with Crippen LogP contribution in [0.25, 0.3) is 0 Å². The van der Waals surface area contributed by atoms with Gasteiger partial charge in [0.15, 0.2) is 0 Å². The van der Waals surface area contributed by atoms with Gasteiger partial charge in [-0.15, -0.1) is 0 Å². The Kier molecular flexibility index (Phi) is 8.51.